The Hall–Kier alpha value is -1.60. The van der Waals surface area contributed by atoms with Crippen molar-refractivity contribution in [2.75, 3.05) is 32.4 Å². The zero-order chi connectivity index (χ0) is 20.9. The van der Waals surface area contributed by atoms with Gasteiger partial charge in [0, 0.05) is 26.2 Å². The lowest BCUT2D eigenvalue weighted by Crippen LogP contribution is -2.40. The van der Waals surface area contributed by atoms with Gasteiger partial charge in [-0.1, -0.05) is 18.2 Å². The van der Waals surface area contributed by atoms with Crippen molar-refractivity contribution in [1.82, 2.24) is 14.9 Å². The van der Waals surface area contributed by atoms with Crippen LogP contribution in [0.5, 0.6) is 0 Å². The van der Waals surface area contributed by atoms with Crippen LogP contribution in [0.15, 0.2) is 23.2 Å². The largest absolute Gasteiger partial charge is 0.357 e. The zero-order valence-electron chi connectivity index (χ0n) is 18.1. The van der Waals surface area contributed by atoms with E-state index in [-0.39, 0.29) is 6.04 Å². The number of guanidine groups is 1. The van der Waals surface area contributed by atoms with Crippen LogP contribution in [0.3, 0.4) is 0 Å². The van der Waals surface area contributed by atoms with Gasteiger partial charge in [-0.25, -0.2) is 12.7 Å². The third kappa shape index (κ3) is 6.19. The maximum absolute atomic E-state index is 11.7. The molecular weight excluding hydrogens is 384 g/mol. The van der Waals surface area contributed by atoms with Gasteiger partial charge in [-0.05, 0) is 75.0 Å². The van der Waals surface area contributed by atoms with Crippen LogP contribution in [0.4, 0.5) is 0 Å². The second-order valence-electron chi connectivity index (χ2n) is 8.43. The first kappa shape index (κ1) is 22.1. The molecule has 1 unspecified atom stereocenters. The molecule has 0 bridgehead atoms. The predicted molar refractivity (Wildman–Crippen MR) is 120 cm³/mol. The number of fused-ring (bicyclic) bond motifs is 1. The number of piperidine rings is 1. The molecule has 2 aliphatic rings. The zero-order valence-corrected chi connectivity index (χ0v) is 18.9. The molecule has 2 N–H and O–H groups in total. The number of nitrogens with zero attached hydrogens (tertiary/aromatic N) is 2. The van der Waals surface area contributed by atoms with Crippen molar-refractivity contribution >= 4 is 16.0 Å². The molecule has 1 atom stereocenters. The average Bonchev–Trinajstić information content (AvgIpc) is 2.71. The normalized spacial score (nSPS) is 20.2. The van der Waals surface area contributed by atoms with Gasteiger partial charge in [0.2, 0.25) is 10.0 Å². The molecular formula is C22H36N4O2S. The molecule has 3 rings (SSSR count). The molecule has 0 aromatic heterocycles. The maximum atomic E-state index is 11.7. The number of nitrogens with one attached hydrogen (secondary N) is 2. The molecule has 1 aliphatic carbocycles. The molecule has 1 saturated heterocycles. The van der Waals surface area contributed by atoms with Gasteiger partial charge < -0.3 is 10.6 Å². The lowest BCUT2D eigenvalue weighted by molar-refractivity contribution is 0.280. The summed E-state index contributed by atoms with van der Waals surface area (Å²) < 4.78 is 24.9. The highest BCUT2D eigenvalue weighted by atomic mass is 32.2. The number of sulfonamides is 1. The molecule has 0 spiro atoms. The highest BCUT2D eigenvalue weighted by Crippen LogP contribution is 2.25. The molecule has 162 valence electrons. The molecule has 6 nitrogen and oxygen atoms in total. The van der Waals surface area contributed by atoms with E-state index in [0.29, 0.717) is 19.0 Å². The number of aryl methyl sites for hydroxylation is 2. The molecule has 0 saturated carbocycles. The maximum Gasteiger partial charge on any atom is 0.211 e. The van der Waals surface area contributed by atoms with Gasteiger partial charge >= 0.3 is 0 Å². The van der Waals surface area contributed by atoms with Gasteiger partial charge in [0.15, 0.2) is 5.96 Å². The Morgan fingerprint density at radius 2 is 1.90 bits per heavy atom. The summed E-state index contributed by atoms with van der Waals surface area (Å²) in [6, 6.07) is 7.08. The van der Waals surface area contributed by atoms with Gasteiger partial charge in [-0.2, -0.15) is 0 Å². The lowest BCUT2D eigenvalue weighted by Gasteiger charge is -2.29. The highest BCUT2D eigenvalue weighted by Gasteiger charge is 2.24. The van der Waals surface area contributed by atoms with Crippen molar-refractivity contribution in [3.8, 4) is 0 Å². The topological polar surface area (TPSA) is 73.8 Å². The summed E-state index contributed by atoms with van der Waals surface area (Å²) in [5.74, 6) is 1.27. The second kappa shape index (κ2) is 9.94. The Balaban J connectivity index is 1.58. The summed E-state index contributed by atoms with van der Waals surface area (Å²) in [6.45, 7) is 7.01. The Bertz CT molecular complexity index is 814. The number of hydrogen-bond acceptors (Lipinski definition) is 3. The fraction of sp³-hybridized carbons (Fsp3) is 0.682. The van der Waals surface area contributed by atoms with E-state index >= 15 is 0 Å². The fourth-order valence-electron chi connectivity index (χ4n) is 4.28. The van der Waals surface area contributed by atoms with E-state index in [2.05, 4.69) is 42.7 Å². The minimum atomic E-state index is -3.07. The van der Waals surface area contributed by atoms with Crippen molar-refractivity contribution in [2.24, 2.45) is 10.9 Å². The predicted octanol–water partition coefficient (Wildman–Crippen LogP) is 2.85. The van der Waals surface area contributed by atoms with Gasteiger partial charge in [0.1, 0.15) is 0 Å². The molecule has 0 amide bonds. The van der Waals surface area contributed by atoms with Crippen molar-refractivity contribution in [1.29, 1.82) is 0 Å². The SMILES string of the molecule is CCNC(=NCC1CCN(S(C)(=O)=O)CC1)NC(C)c1ccc2c(c1)CCCC2. The summed E-state index contributed by atoms with van der Waals surface area (Å²) in [5, 5.41) is 6.90. The van der Waals surface area contributed by atoms with Crippen molar-refractivity contribution in [2.45, 2.75) is 58.4 Å². The minimum Gasteiger partial charge on any atom is -0.357 e. The average molecular weight is 421 g/mol. The quantitative estimate of drug-likeness (QED) is 0.548. The van der Waals surface area contributed by atoms with Crippen LogP contribution in [0, 0.1) is 5.92 Å². The van der Waals surface area contributed by atoms with Crippen molar-refractivity contribution in [3.05, 3.63) is 34.9 Å². The molecule has 1 aromatic rings. The lowest BCUT2D eigenvalue weighted by atomic mass is 9.89. The fourth-order valence-corrected chi connectivity index (χ4v) is 5.15. The van der Waals surface area contributed by atoms with E-state index in [1.165, 1.54) is 48.6 Å². The molecule has 29 heavy (non-hydrogen) atoms. The van der Waals surface area contributed by atoms with Crippen LogP contribution < -0.4 is 10.6 Å². The summed E-state index contributed by atoms with van der Waals surface area (Å²) in [6.07, 6.45) is 8.03. The van der Waals surface area contributed by atoms with Gasteiger partial charge in [0.05, 0.1) is 12.3 Å². The molecule has 1 fully saturated rings. The van der Waals surface area contributed by atoms with Crippen molar-refractivity contribution < 1.29 is 8.42 Å². The van der Waals surface area contributed by atoms with Crippen LogP contribution in [0.1, 0.15) is 62.3 Å². The molecule has 1 aliphatic heterocycles. The van der Waals surface area contributed by atoms with Gasteiger partial charge in [0.25, 0.3) is 0 Å². The smallest absolute Gasteiger partial charge is 0.211 e. The van der Waals surface area contributed by atoms with Gasteiger partial charge in [-0.15, -0.1) is 0 Å². The van der Waals surface area contributed by atoms with Crippen molar-refractivity contribution in [3.63, 3.8) is 0 Å². The first-order valence-corrected chi connectivity index (χ1v) is 12.8. The van der Waals surface area contributed by atoms with E-state index in [1.54, 1.807) is 4.31 Å². The van der Waals surface area contributed by atoms with Crippen LogP contribution in [0.2, 0.25) is 0 Å². The number of aliphatic imine (C=N–C) groups is 1. The monoisotopic (exact) mass is 420 g/mol. The van der Waals surface area contributed by atoms with E-state index < -0.39 is 10.0 Å². The van der Waals surface area contributed by atoms with Crippen LogP contribution >= 0.6 is 0 Å². The summed E-state index contributed by atoms with van der Waals surface area (Å²) in [7, 11) is -3.07. The third-order valence-corrected chi connectivity index (χ3v) is 7.42. The Labute approximate surface area is 176 Å². The number of benzene rings is 1. The molecule has 0 radical (unpaired) electrons. The molecule has 7 heteroatoms. The Morgan fingerprint density at radius 1 is 1.21 bits per heavy atom. The van der Waals surface area contributed by atoms with Crippen LogP contribution in [-0.2, 0) is 22.9 Å². The first-order valence-electron chi connectivity index (χ1n) is 11.0. The van der Waals surface area contributed by atoms with Gasteiger partial charge in [-0.3, -0.25) is 4.99 Å². The van der Waals surface area contributed by atoms with Crippen LogP contribution in [0.25, 0.3) is 0 Å². The summed E-state index contributed by atoms with van der Waals surface area (Å²) in [4.78, 5) is 4.80. The van der Waals surface area contributed by atoms with E-state index in [1.807, 2.05) is 0 Å². The highest BCUT2D eigenvalue weighted by molar-refractivity contribution is 7.88. The first-order chi connectivity index (χ1) is 13.9. The third-order valence-electron chi connectivity index (χ3n) is 6.12. The van der Waals surface area contributed by atoms with E-state index in [4.69, 9.17) is 4.99 Å². The molecule has 1 heterocycles. The molecule has 1 aromatic carbocycles. The summed E-state index contributed by atoms with van der Waals surface area (Å²) in [5.41, 5.74) is 4.31. The van der Waals surface area contributed by atoms with Crippen LogP contribution in [-0.4, -0.2) is 51.1 Å². The second-order valence-corrected chi connectivity index (χ2v) is 10.4. The number of rotatable bonds is 6. The number of hydrogen-bond donors (Lipinski definition) is 2. The minimum absolute atomic E-state index is 0.187. The Morgan fingerprint density at radius 3 is 2.55 bits per heavy atom. The summed E-state index contributed by atoms with van der Waals surface area (Å²) >= 11 is 0. The van der Waals surface area contributed by atoms with E-state index in [0.717, 1.165) is 31.9 Å². The van der Waals surface area contributed by atoms with E-state index in [9.17, 15) is 8.42 Å². The standard InChI is InChI=1S/C22H36N4O2S/c1-4-23-22(24-16-18-11-13-26(14-12-18)29(3,27)28)25-17(2)20-10-9-19-7-5-6-8-21(19)15-20/h9-10,15,17-18H,4-8,11-14,16H2,1-3H3,(H2,23,24,25). The Kier molecular flexibility index (Phi) is 7.57.